The molecule has 0 atom stereocenters. The number of ether oxygens (including phenoxy) is 1. The van der Waals surface area contributed by atoms with Crippen molar-refractivity contribution < 1.29 is 9.53 Å². The molecule has 0 bridgehead atoms. The number of aromatic nitrogens is 4. The second kappa shape index (κ2) is 9.91. The average molecular weight is 506 g/mol. The number of hydrogen-bond donors (Lipinski definition) is 1. The van der Waals surface area contributed by atoms with Crippen molar-refractivity contribution in [3.63, 3.8) is 0 Å². The van der Waals surface area contributed by atoms with Crippen molar-refractivity contribution in [2.45, 2.75) is 5.16 Å². The fourth-order valence-corrected chi connectivity index (χ4v) is 4.83. The monoisotopic (exact) mass is 505 g/mol. The van der Waals surface area contributed by atoms with Gasteiger partial charge in [0.05, 0.1) is 23.6 Å². The molecule has 0 aliphatic rings. The Kier molecular flexibility index (Phi) is 7.00. The third kappa shape index (κ3) is 5.07. The minimum atomic E-state index is -0.191. The highest BCUT2D eigenvalue weighted by atomic mass is 35.5. The molecular weight excluding hydrogens is 489 g/mol. The normalized spacial score (nSPS) is 10.9. The lowest BCUT2D eigenvalue weighted by atomic mass is 10.2. The average Bonchev–Trinajstić information content (AvgIpc) is 3.38. The van der Waals surface area contributed by atoms with Crippen LogP contribution in [0.1, 0.15) is 0 Å². The van der Waals surface area contributed by atoms with Crippen LogP contribution < -0.4 is 10.1 Å². The number of thioether (sulfide) groups is 1. The van der Waals surface area contributed by atoms with Gasteiger partial charge in [0.2, 0.25) is 5.91 Å². The van der Waals surface area contributed by atoms with Crippen molar-refractivity contribution >= 4 is 57.3 Å². The second-order valence-corrected chi connectivity index (χ2v) is 9.24. The summed E-state index contributed by atoms with van der Waals surface area (Å²) >= 11 is 14.8. The van der Waals surface area contributed by atoms with E-state index in [2.05, 4.69) is 20.5 Å². The largest absolute Gasteiger partial charge is 0.497 e. The summed E-state index contributed by atoms with van der Waals surface area (Å²) in [5, 5.41) is 15.3. The van der Waals surface area contributed by atoms with Gasteiger partial charge in [-0.15, -0.1) is 21.5 Å². The smallest absolute Gasteiger partial charge is 0.236 e. The number of methoxy groups -OCH3 is 1. The molecule has 0 spiro atoms. The Morgan fingerprint density at radius 3 is 2.84 bits per heavy atom. The first kappa shape index (κ1) is 22.6. The number of hydrogen-bond acceptors (Lipinski definition) is 7. The first-order valence-electron chi connectivity index (χ1n) is 9.32. The summed E-state index contributed by atoms with van der Waals surface area (Å²) in [6, 6.07) is 12.8. The maximum absolute atomic E-state index is 12.4. The summed E-state index contributed by atoms with van der Waals surface area (Å²) in [6.45, 7) is 0. The number of benzene rings is 2. The minimum Gasteiger partial charge on any atom is -0.497 e. The lowest BCUT2D eigenvalue weighted by molar-refractivity contribution is -0.113. The molecule has 7 nitrogen and oxygen atoms in total. The number of halogens is 2. The zero-order valence-corrected chi connectivity index (χ0v) is 20.1. The molecule has 2 aromatic heterocycles. The van der Waals surface area contributed by atoms with Crippen LogP contribution in [0.15, 0.2) is 53.0 Å². The molecule has 0 saturated heterocycles. The van der Waals surface area contributed by atoms with Gasteiger partial charge >= 0.3 is 0 Å². The molecule has 164 valence electrons. The predicted molar refractivity (Wildman–Crippen MR) is 130 cm³/mol. The summed E-state index contributed by atoms with van der Waals surface area (Å²) in [5.41, 5.74) is 2.31. The molecule has 0 aliphatic carbocycles. The van der Waals surface area contributed by atoms with E-state index in [4.69, 9.17) is 27.9 Å². The first-order valence-corrected chi connectivity index (χ1v) is 11.9. The van der Waals surface area contributed by atoms with Crippen LogP contribution in [0.25, 0.3) is 22.6 Å². The van der Waals surface area contributed by atoms with Crippen molar-refractivity contribution in [1.82, 2.24) is 19.7 Å². The standard InChI is InChI=1S/C21H17Cl2N5O2S2/c1-28-19(12-4-3-5-14(8-12)30-2)26-27-21(28)32-11-18(29)25-20-24-17(10-31-20)15-7-6-13(22)9-16(15)23/h3-10H,11H2,1-2H3,(H,24,25,29). The van der Waals surface area contributed by atoms with Crippen LogP contribution in [-0.2, 0) is 11.8 Å². The van der Waals surface area contributed by atoms with Gasteiger partial charge in [0.1, 0.15) is 5.75 Å². The third-order valence-corrected chi connectivity index (χ3v) is 6.78. The molecule has 1 N–H and O–H groups in total. The zero-order chi connectivity index (χ0) is 22.7. The van der Waals surface area contributed by atoms with Gasteiger partial charge in [-0.25, -0.2) is 4.98 Å². The topological polar surface area (TPSA) is 81.9 Å². The van der Waals surface area contributed by atoms with Crippen LogP contribution in [0.4, 0.5) is 5.13 Å². The van der Waals surface area contributed by atoms with E-state index in [1.807, 2.05) is 41.3 Å². The van der Waals surface area contributed by atoms with Crippen molar-refractivity contribution in [1.29, 1.82) is 0 Å². The van der Waals surface area contributed by atoms with E-state index < -0.39 is 0 Å². The van der Waals surface area contributed by atoms with Crippen LogP contribution >= 0.6 is 46.3 Å². The Hall–Kier alpha value is -2.59. The summed E-state index contributed by atoms with van der Waals surface area (Å²) in [6.07, 6.45) is 0. The van der Waals surface area contributed by atoms with E-state index in [0.717, 1.165) is 16.9 Å². The van der Waals surface area contributed by atoms with Crippen LogP contribution in [0, 0.1) is 0 Å². The lowest BCUT2D eigenvalue weighted by Crippen LogP contribution is -2.14. The molecule has 4 aromatic rings. The third-order valence-electron chi connectivity index (χ3n) is 4.45. The number of amides is 1. The van der Waals surface area contributed by atoms with E-state index in [-0.39, 0.29) is 11.7 Å². The molecule has 1 amide bonds. The van der Waals surface area contributed by atoms with Crippen LogP contribution in [0.5, 0.6) is 5.75 Å². The Morgan fingerprint density at radius 2 is 2.06 bits per heavy atom. The molecule has 32 heavy (non-hydrogen) atoms. The van der Waals surface area contributed by atoms with Crippen LogP contribution in [-0.4, -0.2) is 38.5 Å². The molecule has 11 heteroatoms. The summed E-state index contributed by atoms with van der Waals surface area (Å²) in [7, 11) is 3.48. The Bertz CT molecular complexity index is 1270. The number of thiazole rings is 1. The number of carbonyl (C=O) groups is 1. The Labute approximate surface area is 202 Å². The van der Waals surface area contributed by atoms with Crippen molar-refractivity contribution in [3.05, 3.63) is 57.9 Å². The van der Waals surface area contributed by atoms with Crippen molar-refractivity contribution in [3.8, 4) is 28.4 Å². The number of nitrogens with one attached hydrogen (secondary N) is 1. The molecule has 2 heterocycles. The van der Waals surface area contributed by atoms with E-state index in [1.54, 1.807) is 25.3 Å². The summed E-state index contributed by atoms with van der Waals surface area (Å²) < 4.78 is 7.11. The van der Waals surface area contributed by atoms with Crippen LogP contribution in [0.3, 0.4) is 0 Å². The van der Waals surface area contributed by atoms with E-state index in [0.29, 0.717) is 31.9 Å². The van der Waals surface area contributed by atoms with Crippen molar-refractivity contribution in [2.75, 3.05) is 18.2 Å². The first-order chi connectivity index (χ1) is 15.4. The second-order valence-electron chi connectivity index (χ2n) is 6.60. The van der Waals surface area contributed by atoms with E-state index >= 15 is 0 Å². The van der Waals surface area contributed by atoms with Gasteiger partial charge in [0.25, 0.3) is 0 Å². The maximum Gasteiger partial charge on any atom is 0.236 e. The predicted octanol–water partition coefficient (Wildman–Crippen LogP) is 5.65. The molecule has 0 saturated carbocycles. The molecule has 0 aliphatic heterocycles. The maximum atomic E-state index is 12.4. The number of nitrogens with zero attached hydrogens (tertiary/aromatic N) is 4. The van der Waals surface area contributed by atoms with E-state index in [9.17, 15) is 4.79 Å². The molecule has 0 radical (unpaired) electrons. The van der Waals surface area contributed by atoms with Gasteiger partial charge < -0.3 is 14.6 Å². The van der Waals surface area contributed by atoms with Crippen molar-refractivity contribution in [2.24, 2.45) is 7.05 Å². The molecular formula is C21H17Cl2N5O2S2. The van der Waals surface area contributed by atoms with Gasteiger partial charge in [-0.2, -0.15) is 0 Å². The quantitative estimate of drug-likeness (QED) is 0.326. The van der Waals surface area contributed by atoms with Crippen LogP contribution in [0.2, 0.25) is 10.0 Å². The Morgan fingerprint density at radius 1 is 1.22 bits per heavy atom. The fourth-order valence-electron chi connectivity index (χ4n) is 2.89. The van der Waals surface area contributed by atoms with Gasteiger partial charge in [-0.05, 0) is 30.3 Å². The lowest BCUT2D eigenvalue weighted by Gasteiger charge is -2.05. The van der Waals surface area contributed by atoms with E-state index in [1.165, 1.54) is 23.1 Å². The number of anilines is 1. The molecule has 0 fully saturated rings. The number of rotatable bonds is 7. The molecule has 2 aromatic carbocycles. The van der Waals surface area contributed by atoms with Gasteiger partial charge in [-0.1, -0.05) is 47.1 Å². The number of carbonyl (C=O) groups excluding carboxylic acids is 1. The SMILES string of the molecule is COc1cccc(-c2nnc(SCC(=O)Nc3nc(-c4ccc(Cl)cc4Cl)cs3)n2C)c1. The highest BCUT2D eigenvalue weighted by molar-refractivity contribution is 7.99. The Balaban J connectivity index is 1.39. The zero-order valence-electron chi connectivity index (χ0n) is 17.0. The summed E-state index contributed by atoms with van der Waals surface area (Å²) in [5.74, 6) is 1.41. The van der Waals surface area contributed by atoms with Gasteiger partial charge in [0, 0.05) is 28.6 Å². The molecule has 0 unspecified atom stereocenters. The minimum absolute atomic E-state index is 0.167. The van der Waals surface area contributed by atoms with Gasteiger partial charge in [-0.3, -0.25) is 4.79 Å². The summed E-state index contributed by atoms with van der Waals surface area (Å²) in [4.78, 5) is 16.9. The highest BCUT2D eigenvalue weighted by Gasteiger charge is 2.15. The fraction of sp³-hybridized carbons (Fsp3) is 0.143. The van der Waals surface area contributed by atoms with Gasteiger partial charge in [0.15, 0.2) is 16.1 Å². The highest BCUT2D eigenvalue weighted by Crippen LogP contribution is 2.32. The molecule has 4 rings (SSSR count).